The fourth-order valence-corrected chi connectivity index (χ4v) is 3.66. The van der Waals surface area contributed by atoms with E-state index in [9.17, 15) is 5.11 Å². The first-order valence-corrected chi connectivity index (χ1v) is 9.03. The first kappa shape index (κ1) is 16.3. The number of hydrogen-bond acceptors (Lipinski definition) is 8. The average molecular weight is 357 g/mol. The van der Waals surface area contributed by atoms with Gasteiger partial charge in [0.2, 0.25) is 5.95 Å². The van der Waals surface area contributed by atoms with Crippen molar-refractivity contribution in [3.8, 4) is 0 Å². The molecule has 1 unspecified atom stereocenters. The molecule has 0 aliphatic carbocycles. The Morgan fingerprint density at radius 3 is 3.00 bits per heavy atom. The van der Waals surface area contributed by atoms with E-state index in [1.807, 2.05) is 41.5 Å². The summed E-state index contributed by atoms with van der Waals surface area (Å²) < 4.78 is 6.25. The molecular formula is C17H19N5O2S. The number of rotatable bonds is 5. The molecule has 0 saturated carbocycles. The van der Waals surface area contributed by atoms with Gasteiger partial charge in [0.05, 0.1) is 28.6 Å². The molecule has 25 heavy (non-hydrogen) atoms. The van der Waals surface area contributed by atoms with Crippen molar-refractivity contribution in [2.75, 3.05) is 25.2 Å². The summed E-state index contributed by atoms with van der Waals surface area (Å²) in [5, 5.41) is 16.0. The summed E-state index contributed by atoms with van der Waals surface area (Å²) in [6.45, 7) is 3.72. The highest BCUT2D eigenvalue weighted by molar-refractivity contribution is 7.17. The number of fused-ring (bicyclic) bond motifs is 1. The van der Waals surface area contributed by atoms with Crippen LogP contribution < -0.4 is 5.32 Å². The first-order valence-electron chi connectivity index (χ1n) is 8.15. The van der Waals surface area contributed by atoms with E-state index in [2.05, 4.69) is 20.3 Å². The Bertz CT molecular complexity index is 851. The number of pyridine rings is 1. The molecule has 0 amide bonds. The molecule has 3 aromatic rings. The van der Waals surface area contributed by atoms with Gasteiger partial charge in [0.1, 0.15) is 12.4 Å². The van der Waals surface area contributed by atoms with Gasteiger partial charge in [-0.1, -0.05) is 6.07 Å². The van der Waals surface area contributed by atoms with Gasteiger partial charge in [-0.15, -0.1) is 11.3 Å². The van der Waals surface area contributed by atoms with E-state index in [1.165, 1.54) is 11.3 Å². The van der Waals surface area contributed by atoms with Gasteiger partial charge in [-0.25, -0.2) is 14.9 Å². The maximum Gasteiger partial charge on any atom is 0.224 e. The van der Waals surface area contributed by atoms with Crippen LogP contribution in [0.15, 0.2) is 35.8 Å². The van der Waals surface area contributed by atoms with E-state index < -0.39 is 6.23 Å². The van der Waals surface area contributed by atoms with E-state index in [-0.39, 0.29) is 6.04 Å². The van der Waals surface area contributed by atoms with Crippen LogP contribution in [-0.4, -0.2) is 44.8 Å². The number of thiophene rings is 1. The van der Waals surface area contributed by atoms with Crippen LogP contribution in [-0.2, 0) is 4.74 Å². The van der Waals surface area contributed by atoms with Crippen LogP contribution in [0, 0.1) is 0 Å². The highest BCUT2D eigenvalue weighted by Crippen LogP contribution is 2.30. The second kappa shape index (κ2) is 7.01. The lowest BCUT2D eigenvalue weighted by Gasteiger charge is -2.21. The highest BCUT2D eigenvalue weighted by atomic mass is 32.1. The van der Waals surface area contributed by atoms with Crippen LogP contribution in [0.25, 0.3) is 10.2 Å². The first-order chi connectivity index (χ1) is 12.2. The molecule has 1 saturated heterocycles. The van der Waals surface area contributed by atoms with E-state index in [4.69, 9.17) is 4.74 Å². The van der Waals surface area contributed by atoms with Gasteiger partial charge in [-0.05, 0) is 30.5 Å². The van der Waals surface area contributed by atoms with Crippen molar-refractivity contribution in [1.29, 1.82) is 0 Å². The van der Waals surface area contributed by atoms with Gasteiger partial charge in [0.25, 0.3) is 0 Å². The third-order valence-corrected chi connectivity index (χ3v) is 5.10. The second-order valence-electron chi connectivity index (χ2n) is 5.91. The predicted molar refractivity (Wildman–Crippen MR) is 96.2 cm³/mol. The highest BCUT2D eigenvalue weighted by Gasteiger charge is 2.26. The molecule has 7 nitrogen and oxygen atoms in total. The minimum atomic E-state index is -0.808. The summed E-state index contributed by atoms with van der Waals surface area (Å²) in [5.41, 5.74) is 2.35. The Balaban J connectivity index is 1.65. The molecule has 0 bridgehead atoms. The molecular weight excluding hydrogens is 338 g/mol. The predicted octanol–water partition coefficient (Wildman–Crippen LogP) is 2.54. The zero-order chi connectivity index (χ0) is 17.2. The standard InChI is InChI=1S/C17H19N5O2S/c1-11(12-4-2-3-6-18-12)19-17-20-13-5-9-25-15(13)14(21-17)16(23)22-7-8-24-10-22/h2-6,9,11,16,23H,7-8,10H2,1H3,(H,19,20,21)/t11-,16?/m0/s1. The van der Waals surface area contributed by atoms with Crippen LogP contribution in [0.3, 0.4) is 0 Å². The van der Waals surface area contributed by atoms with Crippen LogP contribution >= 0.6 is 11.3 Å². The monoisotopic (exact) mass is 357 g/mol. The van der Waals surface area contributed by atoms with Crippen molar-refractivity contribution < 1.29 is 9.84 Å². The number of aliphatic hydroxyl groups is 1. The normalized spacial score (nSPS) is 17.7. The maximum absolute atomic E-state index is 10.7. The van der Waals surface area contributed by atoms with Crippen molar-refractivity contribution in [1.82, 2.24) is 19.9 Å². The quantitative estimate of drug-likeness (QED) is 0.726. The van der Waals surface area contributed by atoms with Crippen LogP contribution in [0.5, 0.6) is 0 Å². The molecule has 0 aromatic carbocycles. The lowest BCUT2D eigenvalue weighted by molar-refractivity contribution is -0.0119. The van der Waals surface area contributed by atoms with Crippen molar-refractivity contribution in [3.05, 3.63) is 47.2 Å². The van der Waals surface area contributed by atoms with Gasteiger partial charge in [0, 0.05) is 12.7 Å². The molecule has 1 aliphatic heterocycles. The van der Waals surface area contributed by atoms with Crippen molar-refractivity contribution in [3.63, 3.8) is 0 Å². The SMILES string of the molecule is C[C@H](Nc1nc(C(O)N2CCOC2)c2sccc2n1)c1ccccn1. The Kier molecular flexibility index (Phi) is 4.58. The zero-order valence-corrected chi connectivity index (χ0v) is 14.6. The van der Waals surface area contributed by atoms with Gasteiger partial charge in [0.15, 0.2) is 6.23 Å². The molecule has 130 valence electrons. The Morgan fingerprint density at radius 1 is 1.32 bits per heavy atom. The molecule has 1 aliphatic rings. The third kappa shape index (κ3) is 3.34. The molecule has 3 aromatic heterocycles. The van der Waals surface area contributed by atoms with Gasteiger partial charge in [-0.3, -0.25) is 4.98 Å². The molecule has 2 atom stereocenters. The van der Waals surface area contributed by atoms with Gasteiger partial charge < -0.3 is 15.2 Å². The third-order valence-electron chi connectivity index (χ3n) is 4.18. The number of anilines is 1. The molecule has 0 spiro atoms. The van der Waals surface area contributed by atoms with E-state index in [0.29, 0.717) is 31.5 Å². The molecule has 4 heterocycles. The summed E-state index contributed by atoms with van der Waals surface area (Å²) in [6, 6.07) is 7.69. The Labute approximate surface area is 149 Å². The minimum Gasteiger partial charge on any atom is -0.372 e. The number of nitrogens with zero attached hydrogens (tertiary/aromatic N) is 4. The Hall–Kier alpha value is -2.13. The number of hydrogen-bond donors (Lipinski definition) is 2. The van der Waals surface area contributed by atoms with Gasteiger partial charge >= 0.3 is 0 Å². The summed E-state index contributed by atoms with van der Waals surface area (Å²) in [6.07, 6.45) is 0.955. The molecule has 4 rings (SSSR count). The van der Waals surface area contributed by atoms with E-state index in [1.54, 1.807) is 6.20 Å². The van der Waals surface area contributed by atoms with E-state index in [0.717, 1.165) is 15.9 Å². The number of ether oxygens (including phenoxy) is 1. The van der Waals surface area contributed by atoms with Crippen molar-refractivity contribution in [2.24, 2.45) is 0 Å². The topological polar surface area (TPSA) is 83.4 Å². The Morgan fingerprint density at radius 2 is 2.24 bits per heavy atom. The maximum atomic E-state index is 10.7. The molecule has 8 heteroatoms. The second-order valence-corrected chi connectivity index (χ2v) is 6.83. The number of aromatic nitrogens is 3. The lowest BCUT2D eigenvalue weighted by atomic mass is 10.2. The lowest BCUT2D eigenvalue weighted by Crippen LogP contribution is -2.27. The smallest absolute Gasteiger partial charge is 0.224 e. The van der Waals surface area contributed by atoms with E-state index >= 15 is 0 Å². The fraction of sp³-hybridized carbons (Fsp3) is 0.353. The molecule has 1 fully saturated rings. The molecule has 0 radical (unpaired) electrons. The summed E-state index contributed by atoms with van der Waals surface area (Å²) in [4.78, 5) is 15.4. The largest absolute Gasteiger partial charge is 0.372 e. The van der Waals surface area contributed by atoms with Crippen LogP contribution in [0.1, 0.15) is 30.6 Å². The number of aliphatic hydroxyl groups excluding tert-OH is 1. The number of nitrogens with one attached hydrogen (secondary N) is 1. The van der Waals surface area contributed by atoms with Crippen molar-refractivity contribution in [2.45, 2.75) is 19.2 Å². The van der Waals surface area contributed by atoms with Gasteiger partial charge in [-0.2, -0.15) is 0 Å². The average Bonchev–Trinajstić information content (AvgIpc) is 3.33. The summed E-state index contributed by atoms with van der Waals surface area (Å²) in [7, 11) is 0. The summed E-state index contributed by atoms with van der Waals surface area (Å²) >= 11 is 1.53. The summed E-state index contributed by atoms with van der Waals surface area (Å²) in [5.74, 6) is 0.484. The van der Waals surface area contributed by atoms with Crippen LogP contribution in [0.4, 0.5) is 5.95 Å². The molecule has 2 N–H and O–H groups in total. The minimum absolute atomic E-state index is 0.0441. The van der Waals surface area contributed by atoms with Crippen molar-refractivity contribution >= 4 is 27.5 Å². The fourth-order valence-electron chi connectivity index (χ4n) is 2.82. The van der Waals surface area contributed by atoms with Crippen LogP contribution in [0.2, 0.25) is 0 Å². The zero-order valence-electron chi connectivity index (χ0n) is 13.8.